The number of fused-ring (bicyclic) bond motifs is 2. The fourth-order valence-corrected chi connectivity index (χ4v) is 5.07. The topological polar surface area (TPSA) is 54.0 Å². The lowest BCUT2D eigenvalue weighted by molar-refractivity contribution is -0.559. The standard InChI is InChI=1S/C16H24O5/c1-4-10-12-6-5-9(2)11-7-8-15(3)19-14(18-13(10)17)16(11,12)21-20-15/h9-12,14H,4-8H2,1-3H3/t9-,10-,11+,12+,14-,15-,16-/m1/s1. The van der Waals surface area contributed by atoms with Crippen molar-refractivity contribution in [3.8, 4) is 0 Å². The van der Waals surface area contributed by atoms with E-state index in [0.717, 1.165) is 32.1 Å². The number of ether oxygens (including phenoxy) is 2. The Morgan fingerprint density at radius 1 is 1.19 bits per heavy atom. The molecule has 4 heterocycles. The van der Waals surface area contributed by atoms with Gasteiger partial charge < -0.3 is 9.47 Å². The van der Waals surface area contributed by atoms with Crippen LogP contribution >= 0.6 is 0 Å². The largest absolute Gasteiger partial charge is 0.432 e. The molecule has 0 aromatic heterocycles. The fraction of sp³-hybridized carbons (Fsp3) is 0.938. The number of hydrogen-bond acceptors (Lipinski definition) is 5. The van der Waals surface area contributed by atoms with Crippen molar-refractivity contribution >= 4 is 5.97 Å². The van der Waals surface area contributed by atoms with E-state index in [0.29, 0.717) is 11.8 Å². The molecular weight excluding hydrogens is 272 g/mol. The van der Waals surface area contributed by atoms with Gasteiger partial charge in [0.2, 0.25) is 12.1 Å². The molecule has 4 aliphatic heterocycles. The van der Waals surface area contributed by atoms with Gasteiger partial charge in [0.1, 0.15) is 0 Å². The molecule has 1 aliphatic carbocycles. The number of carbonyl (C=O) groups excluding carboxylic acids is 1. The van der Waals surface area contributed by atoms with E-state index in [1.807, 2.05) is 13.8 Å². The Labute approximate surface area is 125 Å². The molecule has 0 aromatic carbocycles. The summed E-state index contributed by atoms with van der Waals surface area (Å²) in [5, 5.41) is 0. The predicted octanol–water partition coefficient (Wildman–Crippen LogP) is 2.79. The molecule has 21 heavy (non-hydrogen) atoms. The van der Waals surface area contributed by atoms with Gasteiger partial charge in [-0.25, -0.2) is 9.78 Å². The predicted molar refractivity (Wildman–Crippen MR) is 72.7 cm³/mol. The summed E-state index contributed by atoms with van der Waals surface area (Å²) >= 11 is 0. The summed E-state index contributed by atoms with van der Waals surface area (Å²) in [5.74, 6) is -0.0373. The zero-order chi connectivity index (χ0) is 14.8. The average Bonchev–Trinajstić information content (AvgIpc) is 2.67. The van der Waals surface area contributed by atoms with Gasteiger partial charge in [-0.2, -0.15) is 0 Å². The van der Waals surface area contributed by atoms with Gasteiger partial charge in [0.05, 0.1) is 5.92 Å². The molecule has 0 N–H and O–H groups in total. The quantitative estimate of drug-likeness (QED) is 0.550. The first-order chi connectivity index (χ1) is 10.00. The highest BCUT2D eigenvalue weighted by atomic mass is 17.3. The van der Waals surface area contributed by atoms with E-state index in [1.54, 1.807) is 0 Å². The van der Waals surface area contributed by atoms with Crippen molar-refractivity contribution in [1.82, 2.24) is 0 Å². The molecule has 0 radical (unpaired) electrons. The highest BCUT2D eigenvalue weighted by Crippen LogP contribution is 2.60. The first-order valence-corrected chi connectivity index (χ1v) is 8.25. The van der Waals surface area contributed by atoms with Crippen LogP contribution in [0.25, 0.3) is 0 Å². The molecule has 5 fully saturated rings. The second-order valence-electron chi connectivity index (χ2n) is 7.36. The van der Waals surface area contributed by atoms with Crippen LogP contribution < -0.4 is 0 Å². The van der Waals surface area contributed by atoms with Crippen LogP contribution in [0.15, 0.2) is 0 Å². The minimum Gasteiger partial charge on any atom is -0.432 e. The van der Waals surface area contributed by atoms with Crippen molar-refractivity contribution in [2.45, 2.75) is 70.6 Å². The molecule has 0 unspecified atom stereocenters. The summed E-state index contributed by atoms with van der Waals surface area (Å²) < 4.78 is 11.7. The van der Waals surface area contributed by atoms with E-state index < -0.39 is 17.7 Å². The zero-order valence-electron chi connectivity index (χ0n) is 13.0. The van der Waals surface area contributed by atoms with Crippen molar-refractivity contribution in [2.24, 2.45) is 23.7 Å². The normalized spacial score (nSPS) is 55.6. The van der Waals surface area contributed by atoms with E-state index in [4.69, 9.17) is 19.2 Å². The Morgan fingerprint density at radius 3 is 2.76 bits per heavy atom. The number of rotatable bonds is 1. The molecule has 5 aliphatic rings. The Balaban J connectivity index is 1.82. The third-order valence-corrected chi connectivity index (χ3v) is 6.23. The van der Waals surface area contributed by atoms with Crippen molar-refractivity contribution < 1.29 is 24.0 Å². The molecule has 1 saturated carbocycles. The van der Waals surface area contributed by atoms with Gasteiger partial charge in [-0.15, -0.1) is 0 Å². The summed E-state index contributed by atoms with van der Waals surface area (Å²) in [5.41, 5.74) is -0.609. The second-order valence-corrected chi connectivity index (χ2v) is 7.36. The maximum absolute atomic E-state index is 12.4. The van der Waals surface area contributed by atoms with Gasteiger partial charge in [0.25, 0.3) is 0 Å². The van der Waals surface area contributed by atoms with Crippen LogP contribution in [0.1, 0.15) is 52.9 Å². The van der Waals surface area contributed by atoms with Crippen LogP contribution in [0.3, 0.4) is 0 Å². The molecule has 5 rings (SSSR count). The van der Waals surface area contributed by atoms with E-state index in [2.05, 4.69) is 6.92 Å². The number of carbonyl (C=O) groups is 1. The van der Waals surface area contributed by atoms with Crippen molar-refractivity contribution in [3.63, 3.8) is 0 Å². The average molecular weight is 296 g/mol. The minimum absolute atomic E-state index is 0.106. The zero-order valence-corrected chi connectivity index (χ0v) is 13.0. The van der Waals surface area contributed by atoms with Crippen LogP contribution in [-0.4, -0.2) is 23.6 Å². The van der Waals surface area contributed by atoms with Crippen molar-refractivity contribution in [1.29, 1.82) is 0 Å². The third kappa shape index (κ3) is 1.71. The smallest absolute Gasteiger partial charge is 0.311 e. The molecular formula is C16H24O5. The van der Waals surface area contributed by atoms with Crippen LogP contribution in [0.4, 0.5) is 0 Å². The maximum atomic E-state index is 12.4. The van der Waals surface area contributed by atoms with Gasteiger partial charge in [-0.1, -0.05) is 13.8 Å². The SMILES string of the molecule is CC[C@H]1C(=O)O[C@@H]2O[C@@]3(C)CC[C@H]4[C@H](C)CC[C@@H]1[C@@]24OO3. The third-order valence-electron chi connectivity index (χ3n) is 6.23. The molecule has 0 aromatic rings. The summed E-state index contributed by atoms with van der Waals surface area (Å²) in [6, 6.07) is 0. The highest BCUT2D eigenvalue weighted by Gasteiger charge is 2.70. The summed E-state index contributed by atoms with van der Waals surface area (Å²) in [7, 11) is 0. The summed E-state index contributed by atoms with van der Waals surface area (Å²) in [6.45, 7) is 6.19. The van der Waals surface area contributed by atoms with Gasteiger partial charge in [0, 0.05) is 18.3 Å². The van der Waals surface area contributed by atoms with E-state index in [9.17, 15) is 4.79 Å². The minimum atomic E-state index is -0.795. The summed E-state index contributed by atoms with van der Waals surface area (Å²) in [4.78, 5) is 24.0. The maximum Gasteiger partial charge on any atom is 0.311 e. The van der Waals surface area contributed by atoms with Gasteiger partial charge in [0.15, 0.2) is 5.60 Å². The van der Waals surface area contributed by atoms with Crippen LogP contribution in [0.2, 0.25) is 0 Å². The molecule has 2 bridgehead atoms. The molecule has 118 valence electrons. The number of esters is 1. The Bertz CT molecular complexity index is 466. The molecule has 5 nitrogen and oxygen atoms in total. The number of hydrogen-bond donors (Lipinski definition) is 0. The van der Waals surface area contributed by atoms with Gasteiger partial charge in [-0.05, 0) is 38.5 Å². The highest BCUT2D eigenvalue weighted by molar-refractivity contribution is 5.74. The van der Waals surface area contributed by atoms with Crippen molar-refractivity contribution in [3.05, 3.63) is 0 Å². The summed E-state index contributed by atoms with van der Waals surface area (Å²) in [6.07, 6.45) is 4.05. The lowest BCUT2D eigenvalue weighted by atomic mass is 9.57. The van der Waals surface area contributed by atoms with E-state index in [-0.39, 0.29) is 17.8 Å². The first-order valence-electron chi connectivity index (χ1n) is 8.25. The van der Waals surface area contributed by atoms with Crippen LogP contribution in [0.5, 0.6) is 0 Å². The fourth-order valence-electron chi connectivity index (χ4n) is 5.07. The van der Waals surface area contributed by atoms with E-state index in [1.165, 1.54) is 0 Å². The molecule has 0 amide bonds. The second kappa shape index (κ2) is 4.43. The van der Waals surface area contributed by atoms with E-state index >= 15 is 0 Å². The van der Waals surface area contributed by atoms with Gasteiger partial charge >= 0.3 is 5.97 Å². The monoisotopic (exact) mass is 296 g/mol. The molecule has 7 atom stereocenters. The van der Waals surface area contributed by atoms with Crippen LogP contribution in [0, 0.1) is 23.7 Å². The lowest BCUT2D eigenvalue weighted by Crippen LogP contribution is -2.69. The molecule has 5 heteroatoms. The Hall–Kier alpha value is -0.650. The van der Waals surface area contributed by atoms with Crippen LogP contribution in [-0.2, 0) is 24.0 Å². The molecule has 4 saturated heterocycles. The molecule has 1 spiro atoms. The first kappa shape index (κ1) is 14.0. The Morgan fingerprint density at radius 2 is 2.00 bits per heavy atom. The van der Waals surface area contributed by atoms with Crippen molar-refractivity contribution in [2.75, 3.05) is 0 Å². The van der Waals surface area contributed by atoms with Gasteiger partial charge in [-0.3, -0.25) is 4.79 Å². The lowest BCUT2D eigenvalue weighted by Gasteiger charge is -2.58. The Kier molecular flexibility index (Phi) is 2.95.